The molecule has 1 N–H and O–H groups in total. The van der Waals surface area contributed by atoms with Crippen molar-refractivity contribution in [3.8, 4) is 34.3 Å². The molecule has 0 aliphatic carbocycles. The van der Waals surface area contributed by atoms with E-state index in [0.29, 0.717) is 17.2 Å². The number of ether oxygens (including phenoxy) is 4. The number of carboxylic acid groups (broad SMARTS) is 1. The molecule has 0 radical (unpaired) electrons. The SMILES string of the molecule is COc1ccc2c(CC(=O)O)c3[n+](cc2c1OC)CCc1cc2c(cc1-3)OCO2.[Cl-]. The first-order valence-electron chi connectivity index (χ1n) is 9.35. The van der Waals surface area contributed by atoms with Crippen LogP contribution in [-0.2, 0) is 24.2 Å². The molecule has 0 spiro atoms. The van der Waals surface area contributed by atoms with Crippen LogP contribution in [0.3, 0.4) is 0 Å². The van der Waals surface area contributed by atoms with Crippen molar-refractivity contribution < 1.29 is 45.8 Å². The minimum Gasteiger partial charge on any atom is -1.00 e. The number of hydrogen-bond donors (Lipinski definition) is 1. The lowest BCUT2D eigenvalue weighted by molar-refractivity contribution is -0.686. The molecule has 3 heterocycles. The Kier molecular flexibility index (Phi) is 5.07. The fourth-order valence-electron chi connectivity index (χ4n) is 4.34. The molecule has 7 nitrogen and oxygen atoms in total. The lowest BCUT2D eigenvalue weighted by Crippen LogP contribution is -3.00. The number of halogens is 1. The summed E-state index contributed by atoms with van der Waals surface area (Å²) < 4.78 is 24.2. The zero-order valence-corrected chi connectivity index (χ0v) is 17.3. The molecule has 0 fully saturated rings. The number of hydrogen-bond acceptors (Lipinski definition) is 5. The van der Waals surface area contributed by atoms with Crippen LogP contribution in [0.2, 0.25) is 0 Å². The third kappa shape index (κ3) is 2.97. The normalized spacial score (nSPS) is 13.3. The second kappa shape index (κ2) is 7.57. The van der Waals surface area contributed by atoms with Gasteiger partial charge in [0.05, 0.1) is 31.6 Å². The van der Waals surface area contributed by atoms with E-state index < -0.39 is 5.97 Å². The number of aliphatic carboxylic acids is 1. The third-order valence-electron chi connectivity index (χ3n) is 5.57. The van der Waals surface area contributed by atoms with Crippen LogP contribution < -0.4 is 35.9 Å². The summed E-state index contributed by atoms with van der Waals surface area (Å²) in [5, 5.41) is 11.3. The topological polar surface area (TPSA) is 78.1 Å². The average Bonchev–Trinajstić information content (AvgIpc) is 3.17. The summed E-state index contributed by atoms with van der Waals surface area (Å²) in [6.07, 6.45) is 2.73. The first kappa shape index (κ1) is 20.1. The van der Waals surface area contributed by atoms with Gasteiger partial charge in [-0.25, -0.2) is 0 Å². The van der Waals surface area contributed by atoms with E-state index in [1.54, 1.807) is 14.2 Å². The van der Waals surface area contributed by atoms with Gasteiger partial charge in [-0.2, -0.15) is 4.57 Å². The maximum absolute atomic E-state index is 11.8. The van der Waals surface area contributed by atoms with E-state index in [1.165, 1.54) is 0 Å². The Morgan fingerprint density at radius 3 is 2.60 bits per heavy atom. The van der Waals surface area contributed by atoms with E-state index in [-0.39, 0.29) is 25.6 Å². The number of carboxylic acids is 1. The summed E-state index contributed by atoms with van der Waals surface area (Å²) in [4.78, 5) is 11.8. The van der Waals surface area contributed by atoms with Gasteiger partial charge in [-0.1, -0.05) is 0 Å². The number of benzene rings is 2. The van der Waals surface area contributed by atoms with E-state index in [0.717, 1.165) is 51.9 Å². The summed E-state index contributed by atoms with van der Waals surface area (Å²) >= 11 is 0. The number of methoxy groups -OCH3 is 2. The molecule has 2 aliphatic heterocycles. The molecule has 0 bridgehead atoms. The lowest BCUT2D eigenvalue weighted by atomic mass is 9.90. The molecule has 0 atom stereocenters. The van der Waals surface area contributed by atoms with E-state index in [2.05, 4.69) is 4.57 Å². The second-order valence-electron chi connectivity index (χ2n) is 7.10. The average molecular weight is 430 g/mol. The smallest absolute Gasteiger partial charge is 0.308 e. The van der Waals surface area contributed by atoms with Gasteiger partial charge in [0, 0.05) is 17.4 Å². The highest BCUT2D eigenvalue weighted by Gasteiger charge is 2.32. The third-order valence-corrected chi connectivity index (χ3v) is 5.57. The zero-order valence-electron chi connectivity index (χ0n) is 16.5. The molecule has 8 heteroatoms. The molecule has 0 amide bonds. The molecule has 156 valence electrons. The highest BCUT2D eigenvalue weighted by Crippen LogP contribution is 2.43. The van der Waals surface area contributed by atoms with E-state index in [9.17, 15) is 9.90 Å². The minimum atomic E-state index is -0.886. The highest BCUT2D eigenvalue weighted by atomic mass is 35.5. The Balaban J connectivity index is 0.00000218. The minimum absolute atomic E-state index is 0. The van der Waals surface area contributed by atoms with Crippen molar-refractivity contribution in [1.29, 1.82) is 0 Å². The number of aryl methyl sites for hydroxylation is 2. The Bertz CT molecular complexity index is 1180. The van der Waals surface area contributed by atoms with Gasteiger partial charge >= 0.3 is 5.97 Å². The maximum Gasteiger partial charge on any atom is 0.308 e. The fourth-order valence-corrected chi connectivity index (χ4v) is 4.34. The van der Waals surface area contributed by atoms with Crippen LogP contribution >= 0.6 is 0 Å². The van der Waals surface area contributed by atoms with Gasteiger partial charge in [0.1, 0.15) is 0 Å². The van der Waals surface area contributed by atoms with Crippen molar-refractivity contribution in [2.45, 2.75) is 19.4 Å². The molecule has 5 rings (SSSR count). The first-order valence-corrected chi connectivity index (χ1v) is 9.35. The predicted molar refractivity (Wildman–Crippen MR) is 104 cm³/mol. The Morgan fingerprint density at radius 1 is 1.13 bits per heavy atom. The van der Waals surface area contributed by atoms with Gasteiger partial charge in [-0.05, 0) is 29.8 Å². The van der Waals surface area contributed by atoms with Crippen molar-refractivity contribution in [2.75, 3.05) is 21.0 Å². The first-order chi connectivity index (χ1) is 14.1. The molecule has 2 aromatic carbocycles. The van der Waals surface area contributed by atoms with Crippen molar-refractivity contribution >= 4 is 16.7 Å². The molecule has 1 aromatic heterocycles. The molecular weight excluding hydrogens is 410 g/mol. The standard InChI is InChI=1S/C22H19NO6.ClH/c1-26-17-4-3-13-15(9-20(24)25)21-14-8-19-18(28-11-29-19)7-12(14)5-6-23(21)10-16(13)22(17)27-2;/h3-4,7-8,10H,5-6,9,11H2,1-2H3;1H. The van der Waals surface area contributed by atoms with Crippen LogP contribution in [0.15, 0.2) is 30.5 Å². The number of fused-ring (bicyclic) bond motifs is 5. The van der Waals surface area contributed by atoms with Crippen molar-refractivity contribution in [1.82, 2.24) is 0 Å². The van der Waals surface area contributed by atoms with E-state index in [4.69, 9.17) is 18.9 Å². The van der Waals surface area contributed by atoms with Crippen molar-refractivity contribution in [3.63, 3.8) is 0 Å². The van der Waals surface area contributed by atoms with Crippen LogP contribution in [0, 0.1) is 0 Å². The summed E-state index contributed by atoms with van der Waals surface area (Å²) in [5.41, 5.74) is 3.75. The van der Waals surface area contributed by atoms with Gasteiger partial charge in [-0.15, -0.1) is 0 Å². The van der Waals surface area contributed by atoms with Crippen LogP contribution in [0.5, 0.6) is 23.0 Å². The largest absolute Gasteiger partial charge is 1.00 e. The van der Waals surface area contributed by atoms with Gasteiger partial charge in [0.15, 0.2) is 35.7 Å². The van der Waals surface area contributed by atoms with Crippen LogP contribution in [0.1, 0.15) is 11.1 Å². The zero-order chi connectivity index (χ0) is 20.1. The summed E-state index contributed by atoms with van der Waals surface area (Å²) in [5.74, 6) is 1.75. The van der Waals surface area contributed by atoms with Crippen LogP contribution in [0.25, 0.3) is 22.0 Å². The number of carbonyl (C=O) groups is 1. The summed E-state index contributed by atoms with van der Waals surface area (Å²) in [7, 11) is 3.18. The fraction of sp³-hybridized carbons (Fsp3) is 0.273. The van der Waals surface area contributed by atoms with Crippen molar-refractivity contribution in [3.05, 3.63) is 41.6 Å². The Hall–Kier alpha value is -3.19. The molecular formula is C22H20ClNO6. The molecule has 0 unspecified atom stereocenters. The molecule has 2 aliphatic rings. The van der Waals surface area contributed by atoms with Gasteiger partial charge in [0.2, 0.25) is 12.5 Å². The lowest BCUT2D eigenvalue weighted by Gasteiger charge is -2.20. The molecule has 3 aromatic rings. The van der Waals surface area contributed by atoms with Crippen LogP contribution in [0.4, 0.5) is 0 Å². The Labute approximate surface area is 179 Å². The van der Waals surface area contributed by atoms with Gasteiger partial charge in [0.25, 0.3) is 0 Å². The number of nitrogens with zero attached hydrogens (tertiary/aromatic N) is 1. The molecule has 0 saturated heterocycles. The quantitative estimate of drug-likeness (QED) is 0.575. The predicted octanol–water partition coefficient (Wildman–Crippen LogP) is -0.273. The summed E-state index contributed by atoms with van der Waals surface area (Å²) in [6.45, 7) is 0.930. The highest BCUT2D eigenvalue weighted by molar-refractivity contribution is 5.97. The van der Waals surface area contributed by atoms with Gasteiger partial charge < -0.3 is 36.5 Å². The second-order valence-corrected chi connectivity index (χ2v) is 7.10. The molecule has 0 saturated carbocycles. The monoisotopic (exact) mass is 429 g/mol. The van der Waals surface area contributed by atoms with Crippen molar-refractivity contribution in [2.24, 2.45) is 0 Å². The number of rotatable bonds is 4. The number of pyridine rings is 1. The summed E-state index contributed by atoms with van der Waals surface area (Å²) in [6, 6.07) is 7.68. The van der Waals surface area contributed by atoms with E-state index >= 15 is 0 Å². The van der Waals surface area contributed by atoms with Crippen LogP contribution in [-0.4, -0.2) is 32.1 Å². The molecule has 30 heavy (non-hydrogen) atoms. The maximum atomic E-state index is 11.8. The van der Waals surface area contributed by atoms with Gasteiger partial charge in [-0.3, -0.25) is 4.79 Å². The Morgan fingerprint density at radius 2 is 1.90 bits per heavy atom. The number of aromatic nitrogens is 1. The van der Waals surface area contributed by atoms with E-state index in [1.807, 2.05) is 30.5 Å².